The van der Waals surface area contributed by atoms with Gasteiger partial charge in [-0.2, -0.15) is 0 Å². The van der Waals surface area contributed by atoms with E-state index in [0.717, 1.165) is 16.9 Å². The summed E-state index contributed by atoms with van der Waals surface area (Å²) in [7, 11) is 1.61. The van der Waals surface area contributed by atoms with Gasteiger partial charge in [0.25, 0.3) is 0 Å². The van der Waals surface area contributed by atoms with E-state index < -0.39 is 0 Å². The zero-order chi connectivity index (χ0) is 13.6. The Hall–Kier alpha value is -2.29. The van der Waals surface area contributed by atoms with Gasteiger partial charge < -0.3 is 9.15 Å². The highest BCUT2D eigenvalue weighted by Gasteiger charge is 2.12. The van der Waals surface area contributed by atoms with E-state index in [1.165, 1.54) is 0 Å². The standard InChI is InChI=1S/C16H14O3/c1-9-4-6-14-12(8-9)15(17)11-5-7-13(18-3)10(2)16(11)19-14/h4-8H,1-3H3. The fraction of sp³-hybridized carbons (Fsp3) is 0.188. The molecule has 0 saturated carbocycles. The zero-order valence-electron chi connectivity index (χ0n) is 11.1. The minimum Gasteiger partial charge on any atom is -0.496 e. The first-order valence-corrected chi connectivity index (χ1v) is 6.12. The van der Waals surface area contributed by atoms with Crippen LogP contribution in [0.15, 0.2) is 39.5 Å². The Bertz CT molecular complexity index is 844. The molecule has 0 aliphatic heterocycles. The molecule has 0 aliphatic rings. The zero-order valence-corrected chi connectivity index (χ0v) is 11.1. The summed E-state index contributed by atoms with van der Waals surface area (Å²) in [6.07, 6.45) is 0. The van der Waals surface area contributed by atoms with Crippen LogP contribution in [0.4, 0.5) is 0 Å². The topological polar surface area (TPSA) is 39.4 Å². The van der Waals surface area contributed by atoms with Gasteiger partial charge in [-0.25, -0.2) is 0 Å². The SMILES string of the molecule is COc1ccc2c(=O)c3cc(C)ccc3oc2c1C. The average Bonchev–Trinajstić information content (AvgIpc) is 2.41. The van der Waals surface area contributed by atoms with Crippen LogP contribution in [0.5, 0.6) is 5.75 Å². The summed E-state index contributed by atoms with van der Waals surface area (Å²) in [6, 6.07) is 9.20. The third-order valence-corrected chi connectivity index (χ3v) is 3.41. The number of methoxy groups -OCH3 is 1. The Kier molecular flexibility index (Phi) is 2.56. The van der Waals surface area contributed by atoms with E-state index in [1.54, 1.807) is 19.2 Å². The predicted octanol–water partition coefficient (Wildman–Crippen LogP) is 3.57. The maximum Gasteiger partial charge on any atom is 0.200 e. The van der Waals surface area contributed by atoms with Crippen molar-refractivity contribution in [3.8, 4) is 5.75 Å². The number of fused-ring (bicyclic) bond motifs is 2. The van der Waals surface area contributed by atoms with E-state index >= 15 is 0 Å². The molecule has 3 aromatic rings. The van der Waals surface area contributed by atoms with E-state index in [9.17, 15) is 4.79 Å². The molecular weight excluding hydrogens is 240 g/mol. The highest BCUT2D eigenvalue weighted by atomic mass is 16.5. The average molecular weight is 254 g/mol. The van der Waals surface area contributed by atoms with Crippen LogP contribution in [0.25, 0.3) is 21.9 Å². The maximum atomic E-state index is 12.5. The molecule has 3 nitrogen and oxygen atoms in total. The van der Waals surface area contributed by atoms with Crippen molar-refractivity contribution >= 4 is 21.9 Å². The van der Waals surface area contributed by atoms with E-state index in [0.29, 0.717) is 21.9 Å². The molecule has 96 valence electrons. The second kappa shape index (κ2) is 4.12. The molecule has 0 atom stereocenters. The van der Waals surface area contributed by atoms with Crippen molar-refractivity contribution in [2.45, 2.75) is 13.8 Å². The normalized spacial score (nSPS) is 11.1. The number of rotatable bonds is 1. The van der Waals surface area contributed by atoms with Gasteiger partial charge >= 0.3 is 0 Å². The molecule has 0 unspecified atom stereocenters. The molecule has 1 aromatic heterocycles. The van der Waals surface area contributed by atoms with E-state index in [2.05, 4.69) is 0 Å². The molecule has 0 spiro atoms. The Labute approximate surface area is 110 Å². The van der Waals surface area contributed by atoms with Crippen molar-refractivity contribution in [3.63, 3.8) is 0 Å². The van der Waals surface area contributed by atoms with Crippen LogP contribution in [-0.2, 0) is 0 Å². The van der Waals surface area contributed by atoms with Crippen molar-refractivity contribution in [2.24, 2.45) is 0 Å². The van der Waals surface area contributed by atoms with Gasteiger partial charge in [0.15, 0.2) is 0 Å². The van der Waals surface area contributed by atoms with E-state index in [-0.39, 0.29) is 5.43 Å². The number of hydrogen-bond acceptors (Lipinski definition) is 3. The van der Waals surface area contributed by atoms with E-state index in [4.69, 9.17) is 9.15 Å². The minimum atomic E-state index is 0.00528. The Balaban J connectivity index is 2.53. The van der Waals surface area contributed by atoms with Crippen LogP contribution in [0.1, 0.15) is 11.1 Å². The summed E-state index contributed by atoms with van der Waals surface area (Å²) in [5, 5.41) is 1.22. The first-order valence-electron chi connectivity index (χ1n) is 6.12. The summed E-state index contributed by atoms with van der Waals surface area (Å²) in [5.74, 6) is 0.724. The quantitative estimate of drug-likeness (QED) is 0.623. The molecule has 3 rings (SSSR count). The molecule has 0 amide bonds. The fourth-order valence-corrected chi connectivity index (χ4v) is 2.37. The molecule has 0 aliphatic carbocycles. The first kappa shape index (κ1) is 11.8. The van der Waals surface area contributed by atoms with E-state index in [1.807, 2.05) is 32.0 Å². The van der Waals surface area contributed by atoms with Gasteiger partial charge in [0.1, 0.15) is 16.9 Å². The van der Waals surface area contributed by atoms with Crippen LogP contribution in [0.2, 0.25) is 0 Å². The molecule has 0 saturated heterocycles. The molecular formula is C16H14O3. The number of ether oxygens (including phenoxy) is 1. The smallest absolute Gasteiger partial charge is 0.200 e. The van der Waals surface area contributed by atoms with Gasteiger partial charge in [-0.1, -0.05) is 11.6 Å². The minimum absolute atomic E-state index is 0.00528. The third-order valence-electron chi connectivity index (χ3n) is 3.41. The summed E-state index contributed by atoms with van der Waals surface area (Å²) in [4.78, 5) is 12.5. The van der Waals surface area contributed by atoms with Gasteiger partial charge in [0.2, 0.25) is 5.43 Å². The molecule has 0 N–H and O–H groups in total. The number of benzene rings is 2. The lowest BCUT2D eigenvalue weighted by molar-refractivity contribution is 0.411. The van der Waals surface area contributed by atoms with Gasteiger partial charge in [-0.05, 0) is 38.1 Å². The molecule has 0 radical (unpaired) electrons. The Morgan fingerprint density at radius 3 is 2.58 bits per heavy atom. The molecule has 3 heteroatoms. The van der Waals surface area contributed by atoms with Crippen molar-refractivity contribution in [1.82, 2.24) is 0 Å². The number of aryl methyl sites for hydroxylation is 2. The van der Waals surface area contributed by atoms with Crippen LogP contribution in [0.3, 0.4) is 0 Å². The monoisotopic (exact) mass is 254 g/mol. The first-order chi connectivity index (χ1) is 9.11. The fourth-order valence-electron chi connectivity index (χ4n) is 2.37. The van der Waals surface area contributed by atoms with Crippen molar-refractivity contribution in [1.29, 1.82) is 0 Å². The predicted molar refractivity (Wildman–Crippen MR) is 76.0 cm³/mol. The second-order valence-corrected chi connectivity index (χ2v) is 4.70. The van der Waals surface area contributed by atoms with Crippen LogP contribution >= 0.6 is 0 Å². The third kappa shape index (κ3) is 1.70. The van der Waals surface area contributed by atoms with Gasteiger partial charge in [-0.15, -0.1) is 0 Å². The molecule has 2 aromatic carbocycles. The van der Waals surface area contributed by atoms with Gasteiger partial charge in [0.05, 0.1) is 17.9 Å². The second-order valence-electron chi connectivity index (χ2n) is 4.70. The molecule has 0 bridgehead atoms. The lowest BCUT2D eigenvalue weighted by atomic mass is 10.1. The largest absolute Gasteiger partial charge is 0.496 e. The van der Waals surface area contributed by atoms with Crippen LogP contribution in [0, 0.1) is 13.8 Å². The lowest BCUT2D eigenvalue weighted by Gasteiger charge is -2.08. The van der Waals surface area contributed by atoms with Crippen molar-refractivity contribution < 1.29 is 9.15 Å². The highest BCUT2D eigenvalue weighted by Crippen LogP contribution is 2.28. The maximum absolute atomic E-state index is 12.5. The summed E-state index contributed by atoms with van der Waals surface area (Å²) in [5.41, 5.74) is 3.11. The lowest BCUT2D eigenvalue weighted by Crippen LogP contribution is -2.03. The summed E-state index contributed by atoms with van der Waals surface area (Å²) in [6.45, 7) is 3.85. The van der Waals surface area contributed by atoms with Gasteiger partial charge in [0, 0.05) is 5.56 Å². The summed E-state index contributed by atoms with van der Waals surface area (Å²) < 4.78 is 11.1. The highest BCUT2D eigenvalue weighted by molar-refractivity contribution is 5.92. The molecule has 1 heterocycles. The van der Waals surface area contributed by atoms with Gasteiger partial charge in [-0.3, -0.25) is 4.79 Å². The molecule has 19 heavy (non-hydrogen) atoms. The Morgan fingerprint density at radius 1 is 1.05 bits per heavy atom. The molecule has 0 fully saturated rings. The Morgan fingerprint density at radius 2 is 1.84 bits per heavy atom. The number of hydrogen-bond donors (Lipinski definition) is 0. The van der Waals surface area contributed by atoms with Crippen LogP contribution in [-0.4, -0.2) is 7.11 Å². The van der Waals surface area contributed by atoms with Crippen molar-refractivity contribution in [2.75, 3.05) is 7.11 Å². The van der Waals surface area contributed by atoms with Crippen LogP contribution < -0.4 is 10.2 Å². The van der Waals surface area contributed by atoms with Crippen molar-refractivity contribution in [3.05, 3.63) is 51.7 Å². The summed E-state index contributed by atoms with van der Waals surface area (Å²) >= 11 is 0.